The summed E-state index contributed by atoms with van der Waals surface area (Å²) in [4.78, 5) is 3.65. The van der Waals surface area contributed by atoms with Crippen LogP contribution in [0.15, 0.2) is 161 Å². The highest BCUT2D eigenvalue weighted by molar-refractivity contribution is 8.03. The Morgan fingerprint density at radius 1 is 0.755 bits per heavy atom. The largest absolute Gasteiger partial charge is 0.278 e. The average molecular weight is 792 g/mol. The molecular formula is C42H32ClN2O4S4+. The lowest BCUT2D eigenvalue weighted by Gasteiger charge is -2.17. The molecule has 2 heterocycles. The van der Waals surface area contributed by atoms with Gasteiger partial charge in [0.05, 0.1) is 30.3 Å². The highest BCUT2D eigenvalue weighted by Gasteiger charge is 2.28. The highest BCUT2D eigenvalue weighted by atomic mass is 35.5. The van der Waals surface area contributed by atoms with Crippen molar-refractivity contribution in [3.63, 3.8) is 0 Å². The number of allylic oxidation sites excluding steroid dienone is 6. The van der Waals surface area contributed by atoms with Gasteiger partial charge in [-0.3, -0.25) is 4.90 Å². The lowest BCUT2D eigenvalue weighted by molar-refractivity contribution is -0.551. The second-order valence-electron chi connectivity index (χ2n) is 12.1. The molecule has 0 radical (unpaired) electrons. The minimum absolute atomic E-state index is 0.211. The molecule has 0 amide bonds. The summed E-state index contributed by atoms with van der Waals surface area (Å²) in [7, 11) is -7.39. The minimum atomic E-state index is -3.70. The molecule has 11 heteroatoms. The summed E-state index contributed by atoms with van der Waals surface area (Å²) in [6.45, 7) is 3.50. The van der Waals surface area contributed by atoms with E-state index in [0.717, 1.165) is 61.2 Å². The topological polar surface area (TPSA) is 75.4 Å². The van der Waals surface area contributed by atoms with Crippen LogP contribution in [0.25, 0.3) is 16.3 Å². The predicted molar refractivity (Wildman–Crippen MR) is 215 cm³/mol. The van der Waals surface area contributed by atoms with Crippen LogP contribution in [0.1, 0.15) is 38.1 Å². The maximum atomic E-state index is 13.4. The van der Waals surface area contributed by atoms with Crippen molar-refractivity contribution in [2.24, 2.45) is 0 Å². The van der Waals surface area contributed by atoms with E-state index in [1.54, 1.807) is 98.8 Å². The van der Waals surface area contributed by atoms with Crippen LogP contribution < -0.4 is 9.47 Å². The molecule has 6 nitrogen and oxygen atoms in total. The molecule has 264 valence electrons. The molecule has 1 aliphatic heterocycles. The summed E-state index contributed by atoms with van der Waals surface area (Å²) in [6, 6.07) is 33.4. The highest BCUT2D eigenvalue weighted by Crippen LogP contribution is 2.47. The first-order chi connectivity index (χ1) is 25.6. The lowest BCUT2D eigenvalue weighted by atomic mass is 9.94. The number of sulfone groups is 2. The molecule has 0 unspecified atom stereocenters. The van der Waals surface area contributed by atoms with E-state index in [1.807, 2.05) is 45.9 Å². The fourth-order valence-corrected chi connectivity index (χ4v) is 11.0. The Labute approximate surface area is 323 Å². The van der Waals surface area contributed by atoms with Gasteiger partial charge in [0, 0.05) is 35.0 Å². The van der Waals surface area contributed by atoms with E-state index in [2.05, 4.69) is 23.9 Å². The van der Waals surface area contributed by atoms with Crippen LogP contribution in [0.3, 0.4) is 0 Å². The van der Waals surface area contributed by atoms with Gasteiger partial charge in [-0.1, -0.05) is 87.7 Å². The third-order valence-electron chi connectivity index (χ3n) is 8.70. The van der Waals surface area contributed by atoms with Crippen molar-refractivity contribution in [1.82, 2.24) is 0 Å². The smallest absolute Gasteiger partial charge is 0.262 e. The standard InChI is InChI=1S/C42H32ClN2O4S4/c1-3-26-44-36-28-34(52(46,47)32-14-7-5-8-15-32)20-22-38(36)50-40(44)24-18-30-12-11-13-31(42(30)43)19-25-41-45(27-4-2)37-29-35(21-23-39(37)51-41)53(48,49)33-16-9-6-10-17-33/h5-10,14-25,28-29H,11-13H2,1-2H3/q+1. The number of nitrogens with zero attached hydrogens (tertiary/aromatic N) is 2. The number of thioether (sulfide) groups is 1. The summed E-state index contributed by atoms with van der Waals surface area (Å²) in [5, 5.41) is 2.38. The van der Waals surface area contributed by atoms with Crippen LogP contribution in [0.2, 0.25) is 0 Å². The Balaban J connectivity index is 1.18. The number of fused-ring (bicyclic) bond motifs is 2. The van der Waals surface area contributed by atoms with E-state index in [-0.39, 0.29) is 19.6 Å². The van der Waals surface area contributed by atoms with Crippen molar-refractivity contribution in [3.8, 4) is 23.9 Å². The Morgan fingerprint density at radius 3 is 2.08 bits per heavy atom. The fraction of sp³-hybridized carbons (Fsp3) is 0.119. The molecule has 1 aliphatic carbocycles. The molecule has 1 aromatic heterocycles. The van der Waals surface area contributed by atoms with Gasteiger partial charge in [-0.25, -0.2) is 16.8 Å². The molecular weight excluding hydrogens is 760 g/mol. The van der Waals surface area contributed by atoms with E-state index in [9.17, 15) is 16.8 Å². The Bertz CT molecular complexity index is 2740. The number of aromatic nitrogens is 1. The molecule has 4 aromatic carbocycles. The zero-order chi connectivity index (χ0) is 37.2. The second-order valence-corrected chi connectivity index (χ2v) is 18.5. The number of halogens is 1. The third kappa shape index (κ3) is 7.26. The monoisotopic (exact) mass is 791 g/mol. The van der Waals surface area contributed by atoms with Crippen LogP contribution >= 0.6 is 34.7 Å². The summed E-state index contributed by atoms with van der Waals surface area (Å²) in [5.41, 5.74) is 3.42. The first-order valence-electron chi connectivity index (χ1n) is 16.7. The number of thiazole rings is 1. The summed E-state index contributed by atoms with van der Waals surface area (Å²) >= 11 is 10.1. The van der Waals surface area contributed by atoms with Gasteiger partial charge >= 0.3 is 0 Å². The molecule has 0 fully saturated rings. The Morgan fingerprint density at radius 2 is 1.42 bits per heavy atom. The predicted octanol–water partition coefficient (Wildman–Crippen LogP) is 9.73. The van der Waals surface area contributed by atoms with Gasteiger partial charge in [-0.05, 0) is 110 Å². The van der Waals surface area contributed by atoms with Gasteiger partial charge in [0.2, 0.25) is 31.2 Å². The van der Waals surface area contributed by atoms with Crippen LogP contribution in [-0.2, 0) is 19.7 Å². The number of hydrogen-bond acceptors (Lipinski definition) is 7. The van der Waals surface area contributed by atoms with E-state index >= 15 is 0 Å². The van der Waals surface area contributed by atoms with Crippen molar-refractivity contribution >= 4 is 76.4 Å². The van der Waals surface area contributed by atoms with Crippen LogP contribution in [0, 0.1) is 23.9 Å². The van der Waals surface area contributed by atoms with Crippen LogP contribution in [-0.4, -0.2) is 16.8 Å². The minimum Gasteiger partial charge on any atom is -0.262 e. The quantitative estimate of drug-likeness (QED) is 0.121. The van der Waals surface area contributed by atoms with Crippen LogP contribution in [0.4, 0.5) is 5.69 Å². The SMILES string of the molecule is CC#CN1/C(=C/C=C2\CCCC(/C=C/c3sc4ccc(S(=O)(=O)c5ccccc5)cc4[n+]3C#CC)=C2Cl)Sc2ccc(S(=O)(=O)c3ccccc3)cc21. The molecule has 0 atom stereocenters. The zero-order valence-electron chi connectivity index (χ0n) is 28.7. The number of anilines is 1. The van der Waals surface area contributed by atoms with Crippen molar-refractivity contribution < 1.29 is 21.4 Å². The summed E-state index contributed by atoms with van der Waals surface area (Å²) in [6.07, 6.45) is 10.5. The molecule has 2 aliphatic rings. The maximum absolute atomic E-state index is 13.4. The van der Waals surface area contributed by atoms with Crippen molar-refractivity contribution in [3.05, 3.63) is 142 Å². The van der Waals surface area contributed by atoms with Gasteiger partial charge in [0.1, 0.15) is 4.70 Å². The number of rotatable bonds is 7. The third-order valence-corrected chi connectivity index (χ3v) is 14.9. The molecule has 7 rings (SSSR count). The molecule has 0 saturated heterocycles. The number of benzene rings is 4. The summed E-state index contributed by atoms with van der Waals surface area (Å²) < 4.78 is 56.3. The molecule has 5 aromatic rings. The van der Waals surface area contributed by atoms with Gasteiger partial charge in [0.25, 0.3) is 5.01 Å². The van der Waals surface area contributed by atoms with Gasteiger partial charge in [-0.2, -0.15) is 0 Å². The average Bonchev–Trinajstić information content (AvgIpc) is 3.71. The first kappa shape index (κ1) is 36.5. The van der Waals surface area contributed by atoms with Gasteiger partial charge < -0.3 is 0 Å². The molecule has 0 spiro atoms. The van der Waals surface area contributed by atoms with Gasteiger partial charge in [-0.15, -0.1) is 0 Å². The van der Waals surface area contributed by atoms with E-state index in [0.29, 0.717) is 5.03 Å². The van der Waals surface area contributed by atoms with E-state index in [4.69, 9.17) is 11.6 Å². The Kier molecular flexibility index (Phi) is 10.5. The molecule has 0 N–H and O–H groups in total. The van der Waals surface area contributed by atoms with Crippen molar-refractivity contribution in [1.29, 1.82) is 0 Å². The van der Waals surface area contributed by atoms with Crippen molar-refractivity contribution in [2.45, 2.75) is 57.6 Å². The van der Waals surface area contributed by atoms with Crippen LogP contribution in [0.5, 0.6) is 0 Å². The number of hydrogen-bond donors (Lipinski definition) is 0. The first-order valence-corrected chi connectivity index (χ1v) is 21.6. The van der Waals surface area contributed by atoms with E-state index < -0.39 is 19.7 Å². The zero-order valence-corrected chi connectivity index (χ0v) is 32.7. The molecule has 0 bridgehead atoms. The second kappa shape index (κ2) is 15.3. The normalized spacial score (nSPS) is 16.2. The van der Waals surface area contributed by atoms with Crippen molar-refractivity contribution in [2.75, 3.05) is 4.90 Å². The summed E-state index contributed by atoms with van der Waals surface area (Å²) in [5.74, 6) is 5.93. The Hall–Kier alpha value is -4.81. The lowest BCUT2D eigenvalue weighted by Crippen LogP contribution is -2.29. The molecule has 0 saturated carbocycles. The fourth-order valence-electron chi connectivity index (χ4n) is 6.10. The van der Waals surface area contributed by atoms with E-state index in [1.165, 1.54) is 23.1 Å². The molecule has 53 heavy (non-hydrogen) atoms. The maximum Gasteiger partial charge on any atom is 0.278 e. The van der Waals surface area contributed by atoms with Gasteiger partial charge in [0.15, 0.2) is 0 Å².